The highest BCUT2D eigenvalue weighted by Crippen LogP contribution is 2.35. The molecule has 102 valence electrons. The van der Waals surface area contributed by atoms with Crippen LogP contribution >= 0.6 is 0 Å². The molecule has 5 heteroatoms. The topological polar surface area (TPSA) is 64.1 Å². The third-order valence-electron chi connectivity index (χ3n) is 3.86. The monoisotopic (exact) mass is 261 g/mol. The second-order valence-corrected chi connectivity index (χ2v) is 5.18. The van der Waals surface area contributed by atoms with Gasteiger partial charge in [0.25, 0.3) is 0 Å². The fourth-order valence-corrected chi connectivity index (χ4v) is 2.88. The lowest BCUT2D eigenvalue weighted by Gasteiger charge is -2.24. The second-order valence-electron chi connectivity index (χ2n) is 5.18. The zero-order valence-electron chi connectivity index (χ0n) is 11.4. The van der Waals surface area contributed by atoms with Crippen molar-refractivity contribution < 1.29 is 8.94 Å². The van der Waals surface area contributed by atoms with Crippen molar-refractivity contribution in [2.24, 2.45) is 0 Å². The lowest BCUT2D eigenvalue weighted by molar-refractivity contribution is 0.241. The molecule has 3 rings (SSSR count). The number of nitrogens with zero attached hydrogens (tertiary/aromatic N) is 2. The molecule has 2 aromatic rings. The summed E-state index contributed by atoms with van der Waals surface area (Å²) in [6.45, 7) is 5.10. The van der Waals surface area contributed by atoms with Crippen molar-refractivity contribution in [2.45, 2.75) is 45.1 Å². The van der Waals surface area contributed by atoms with Crippen LogP contribution in [-0.4, -0.2) is 16.7 Å². The first kappa shape index (κ1) is 12.4. The average Bonchev–Trinajstić information content (AvgIpc) is 3.08. The molecule has 1 N–H and O–H groups in total. The Morgan fingerprint density at radius 2 is 2.37 bits per heavy atom. The maximum absolute atomic E-state index is 5.52. The molecule has 5 nitrogen and oxygen atoms in total. The zero-order valence-corrected chi connectivity index (χ0v) is 11.4. The van der Waals surface area contributed by atoms with Gasteiger partial charge in [0.05, 0.1) is 17.4 Å². The van der Waals surface area contributed by atoms with Gasteiger partial charge in [0.15, 0.2) is 0 Å². The molecule has 0 aliphatic carbocycles. The SMILES string of the molecule is CCCC1(c2nc(-c3ccoc3C)no2)CCCN1. The number of hydrogen-bond acceptors (Lipinski definition) is 5. The summed E-state index contributed by atoms with van der Waals surface area (Å²) in [5.74, 6) is 2.14. The van der Waals surface area contributed by atoms with Crippen molar-refractivity contribution in [3.63, 3.8) is 0 Å². The fourth-order valence-electron chi connectivity index (χ4n) is 2.88. The van der Waals surface area contributed by atoms with Gasteiger partial charge in [-0.3, -0.25) is 0 Å². The van der Waals surface area contributed by atoms with E-state index in [0.717, 1.165) is 43.6 Å². The van der Waals surface area contributed by atoms with Crippen molar-refractivity contribution >= 4 is 0 Å². The van der Waals surface area contributed by atoms with Gasteiger partial charge in [0.2, 0.25) is 11.7 Å². The molecule has 1 unspecified atom stereocenters. The van der Waals surface area contributed by atoms with Crippen LogP contribution in [0.3, 0.4) is 0 Å². The predicted molar refractivity (Wildman–Crippen MR) is 70.6 cm³/mol. The Labute approximate surface area is 112 Å². The minimum absolute atomic E-state index is 0.127. The van der Waals surface area contributed by atoms with E-state index in [2.05, 4.69) is 22.4 Å². The summed E-state index contributed by atoms with van der Waals surface area (Å²) in [5, 5.41) is 7.65. The van der Waals surface area contributed by atoms with Crippen LogP contribution in [0.1, 0.15) is 44.3 Å². The second kappa shape index (κ2) is 4.81. The standard InChI is InChI=1S/C14H19N3O2/c1-3-6-14(7-4-8-15-14)13-16-12(17-19-13)11-5-9-18-10(11)2/h5,9,15H,3-4,6-8H2,1-2H3. The van der Waals surface area contributed by atoms with E-state index in [1.807, 2.05) is 13.0 Å². The Bertz CT molecular complexity index is 553. The summed E-state index contributed by atoms with van der Waals surface area (Å²) in [7, 11) is 0. The van der Waals surface area contributed by atoms with Crippen molar-refractivity contribution in [3.05, 3.63) is 24.0 Å². The maximum Gasteiger partial charge on any atom is 0.247 e. The van der Waals surface area contributed by atoms with Crippen molar-refractivity contribution in [1.82, 2.24) is 15.5 Å². The number of rotatable bonds is 4. The lowest BCUT2D eigenvalue weighted by atomic mass is 9.92. The van der Waals surface area contributed by atoms with Crippen LogP contribution in [0.25, 0.3) is 11.4 Å². The molecule has 0 radical (unpaired) electrons. The highest BCUT2D eigenvalue weighted by atomic mass is 16.5. The number of aryl methyl sites for hydroxylation is 1. The van der Waals surface area contributed by atoms with E-state index < -0.39 is 0 Å². The molecule has 3 heterocycles. The summed E-state index contributed by atoms with van der Waals surface area (Å²) >= 11 is 0. The van der Waals surface area contributed by atoms with Gasteiger partial charge in [0, 0.05) is 0 Å². The first-order valence-corrected chi connectivity index (χ1v) is 6.89. The Balaban J connectivity index is 1.94. The van der Waals surface area contributed by atoms with Crippen LogP contribution in [-0.2, 0) is 5.54 Å². The normalized spacial score (nSPS) is 23.1. The summed E-state index contributed by atoms with van der Waals surface area (Å²) in [6, 6.07) is 1.87. The molecule has 0 amide bonds. The molecule has 0 aromatic carbocycles. The molecule has 0 saturated carbocycles. The van der Waals surface area contributed by atoms with E-state index in [1.165, 1.54) is 0 Å². The largest absolute Gasteiger partial charge is 0.469 e. The smallest absolute Gasteiger partial charge is 0.247 e. The molecule has 0 spiro atoms. The Morgan fingerprint density at radius 3 is 3.00 bits per heavy atom. The van der Waals surface area contributed by atoms with E-state index >= 15 is 0 Å². The van der Waals surface area contributed by atoms with E-state index in [9.17, 15) is 0 Å². The van der Waals surface area contributed by atoms with Gasteiger partial charge in [-0.2, -0.15) is 4.98 Å². The van der Waals surface area contributed by atoms with Gasteiger partial charge in [-0.15, -0.1) is 0 Å². The van der Waals surface area contributed by atoms with E-state index in [4.69, 9.17) is 8.94 Å². The minimum atomic E-state index is -0.127. The van der Waals surface area contributed by atoms with E-state index in [0.29, 0.717) is 11.7 Å². The van der Waals surface area contributed by atoms with E-state index in [-0.39, 0.29) is 5.54 Å². The molecule has 0 bridgehead atoms. The van der Waals surface area contributed by atoms with Crippen LogP contribution in [0.4, 0.5) is 0 Å². The molecule has 1 fully saturated rings. The number of aromatic nitrogens is 2. The van der Waals surface area contributed by atoms with Crippen LogP contribution in [0.15, 0.2) is 21.3 Å². The Kier molecular flexibility index (Phi) is 3.14. The number of furan rings is 1. The van der Waals surface area contributed by atoms with E-state index in [1.54, 1.807) is 6.26 Å². The summed E-state index contributed by atoms with van der Waals surface area (Å²) < 4.78 is 10.8. The van der Waals surface area contributed by atoms with Gasteiger partial charge < -0.3 is 14.3 Å². The lowest BCUT2D eigenvalue weighted by Crippen LogP contribution is -2.36. The van der Waals surface area contributed by atoms with Crippen LogP contribution in [0.2, 0.25) is 0 Å². The van der Waals surface area contributed by atoms with Gasteiger partial charge in [0.1, 0.15) is 5.76 Å². The first-order chi connectivity index (χ1) is 9.25. The summed E-state index contributed by atoms with van der Waals surface area (Å²) in [4.78, 5) is 4.59. The zero-order chi connectivity index (χ0) is 13.3. The molecule has 1 saturated heterocycles. The third kappa shape index (κ3) is 2.08. The highest BCUT2D eigenvalue weighted by Gasteiger charge is 2.39. The maximum atomic E-state index is 5.52. The van der Waals surface area contributed by atoms with Crippen LogP contribution in [0, 0.1) is 6.92 Å². The summed E-state index contributed by atoms with van der Waals surface area (Å²) in [6.07, 6.45) is 5.99. The Morgan fingerprint density at radius 1 is 1.47 bits per heavy atom. The minimum Gasteiger partial charge on any atom is -0.469 e. The van der Waals surface area contributed by atoms with Gasteiger partial charge >= 0.3 is 0 Å². The van der Waals surface area contributed by atoms with Gasteiger partial charge in [-0.25, -0.2) is 0 Å². The molecule has 2 aromatic heterocycles. The third-order valence-corrected chi connectivity index (χ3v) is 3.86. The average molecular weight is 261 g/mol. The van der Waals surface area contributed by atoms with Crippen LogP contribution < -0.4 is 5.32 Å². The summed E-state index contributed by atoms with van der Waals surface area (Å²) in [5.41, 5.74) is 0.775. The first-order valence-electron chi connectivity index (χ1n) is 6.89. The molecule has 1 atom stereocenters. The fraction of sp³-hybridized carbons (Fsp3) is 0.571. The molecular formula is C14H19N3O2. The quantitative estimate of drug-likeness (QED) is 0.916. The van der Waals surface area contributed by atoms with Crippen molar-refractivity contribution in [1.29, 1.82) is 0 Å². The van der Waals surface area contributed by atoms with Crippen molar-refractivity contribution in [3.8, 4) is 11.4 Å². The molecule has 1 aliphatic rings. The predicted octanol–water partition coefficient (Wildman–Crippen LogP) is 3.02. The van der Waals surface area contributed by atoms with Gasteiger partial charge in [-0.05, 0) is 38.8 Å². The van der Waals surface area contributed by atoms with Gasteiger partial charge in [-0.1, -0.05) is 18.5 Å². The molecular weight excluding hydrogens is 242 g/mol. The number of nitrogens with one attached hydrogen (secondary N) is 1. The number of hydrogen-bond donors (Lipinski definition) is 1. The highest BCUT2D eigenvalue weighted by molar-refractivity contribution is 5.56. The Hall–Kier alpha value is -1.62. The molecule has 1 aliphatic heterocycles. The van der Waals surface area contributed by atoms with Crippen LogP contribution in [0.5, 0.6) is 0 Å². The van der Waals surface area contributed by atoms with Crippen molar-refractivity contribution in [2.75, 3.05) is 6.54 Å². The molecule has 19 heavy (non-hydrogen) atoms.